The smallest absolute Gasteiger partial charge is 0.224 e. The summed E-state index contributed by atoms with van der Waals surface area (Å²) in [6, 6.07) is 7.37. The molecule has 0 aliphatic carbocycles. The highest BCUT2D eigenvalue weighted by Crippen LogP contribution is 2.09. The predicted octanol–water partition coefficient (Wildman–Crippen LogP) is 1.55. The standard InChI is InChI=1S/C11H15ClN2O/c1-8(6-13)11(15)14-7-9-2-4-10(12)5-3-9/h2-5,8H,6-7,13H2,1H3,(H,14,15). The number of carbonyl (C=O) groups excluding carboxylic acids is 1. The molecule has 1 amide bonds. The van der Waals surface area contributed by atoms with E-state index in [4.69, 9.17) is 17.3 Å². The molecule has 0 aliphatic heterocycles. The average molecular weight is 227 g/mol. The van der Waals surface area contributed by atoms with Gasteiger partial charge in [0.2, 0.25) is 5.91 Å². The van der Waals surface area contributed by atoms with Gasteiger partial charge in [-0.15, -0.1) is 0 Å². The van der Waals surface area contributed by atoms with Crippen molar-refractivity contribution in [2.24, 2.45) is 11.7 Å². The molecule has 0 heterocycles. The van der Waals surface area contributed by atoms with Crippen molar-refractivity contribution in [2.45, 2.75) is 13.5 Å². The van der Waals surface area contributed by atoms with E-state index in [0.29, 0.717) is 18.1 Å². The van der Waals surface area contributed by atoms with Gasteiger partial charge in [-0.1, -0.05) is 30.7 Å². The Kier molecular flexibility index (Phi) is 4.59. The third-order valence-electron chi connectivity index (χ3n) is 2.18. The van der Waals surface area contributed by atoms with Crippen LogP contribution in [0.5, 0.6) is 0 Å². The van der Waals surface area contributed by atoms with Gasteiger partial charge in [0, 0.05) is 24.0 Å². The van der Waals surface area contributed by atoms with Crippen molar-refractivity contribution in [2.75, 3.05) is 6.54 Å². The fraction of sp³-hybridized carbons (Fsp3) is 0.364. The first-order valence-electron chi connectivity index (χ1n) is 4.85. The quantitative estimate of drug-likeness (QED) is 0.819. The zero-order chi connectivity index (χ0) is 11.3. The summed E-state index contributed by atoms with van der Waals surface area (Å²) < 4.78 is 0. The number of halogens is 1. The van der Waals surface area contributed by atoms with Crippen LogP contribution in [0.1, 0.15) is 12.5 Å². The second-order valence-electron chi connectivity index (χ2n) is 3.48. The molecular weight excluding hydrogens is 212 g/mol. The summed E-state index contributed by atoms with van der Waals surface area (Å²) in [6.07, 6.45) is 0. The lowest BCUT2D eigenvalue weighted by atomic mass is 10.1. The van der Waals surface area contributed by atoms with Crippen LogP contribution in [-0.4, -0.2) is 12.5 Å². The first kappa shape index (κ1) is 12.0. The van der Waals surface area contributed by atoms with E-state index in [1.807, 2.05) is 12.1 Å². The number of carbonyl (C=O) groups is 1. The Morgan fingerprint density at radius 2 is 2.07 bits per heavy atom. The lowest BCUT2D eigenvalue weighted by molar-refractivity contribution is -0.124. The lowest BCUT2D eigenvalue weighted by Crippen LogP contribution is -2.32. The number of rotatable bonds is 4. The molecule has 0 saturated carbocycles. The summed E-state index contributed by atoms with van der Waals surface area (Å²) in [4.78, 5) is 11.4. The van der Waals surface area contributed by atoms with Crippen molar-refractivity contribution in [3.05, 3.63) is 34.9 Å². The Morgan fingerprint density at radius 3 is 2.60 bits per heavy atom. The summed E-state index contributed by atoms with van der Waals surface area (Å²) in [5.74, 6) is -0.162. The van der Waals surface area contributed by atoms with Crippen LogP contribution in [0.25, 0.3) is 0 Å². The molecule has 4 heteroatoms. The van der Waals surface area contributed by atoms with E-state index in [0.717, 1.165) is 5.56 Å². The van der Waals surface area contributed by atoms with Crippen LogP contribution in [0.3, 0.4) is 0 Å². The van der Waals surface area contributed by atoms with Crippen molar-refractivity contribution >= 4 is 17.5 Å². The molecule has 1 aromatic carbocycles. The molecule has 1 aromatic rings. The van der Waals surface area contributed by atoms with Crippen LogP contribution >= 0.6 is 11.6 Å². The van der Waals surface area contributed by atoms with Gasteiger partial charge >= 0.3 is 0 Å². The minimum atomic E-state index is -0.141. The fourth-order valence-corrected chi connectivity index (χ4v) is 1.20. The van der Waals surface area contributed by atoms with E-state index in [2.05, 4.69) is 5.32 Å². The van der Waals surface area contributed by atoms with E-state index in [1.165, 1.54) is 0 Å². The van der Waals surface area contributed by atoms with E-state index in [1.54, 1.807) is 19.1 Å². The van der Waals surface area contributed by atoms with Crippen molar-refractivity contribution < 1.29 is 4.79 Å². The Hall–Kier alpha value is -1.06. The summed E-state index contributed by atoms with van der Waals surface area (Å²) in [6.45, 7) is 2.68. The third-order valence-corrected chi connectivity index (χ3v) is 2.43. The van der Waals surface area contributed by atoms with Crippen molar-refractivity contribution in [1.82, 2.24) is 5.32 Å². The molecule has 82 valence electrons. The predicted molar refractivity (Wildman–Crippen MR) is 61.5 cm³/mol. The highest BCUT2D eigenvalue weighted by atomic mass is 35.5. The fourth-order valence-electron chi connectivity index (χ4n) is 1.07. The second-order valence-corrected chi connectivity index (χ2v) is 3.92. The van der Waals surface area contributed by atoms with E-state index in [-0.39, 0.29) is 11.8 Å². The molecule has 0 radical (unpaired) electrons. The third kappa shape index (κ3) is 3.90. The lowest BCUT2D eigenvalue weighted by Gasteiger charge is -2.09. The van der Waals surface area contributed by atoms with Gasteiger partial charge in [-0.2, -0.15) is 0 Å². The maximum Gasteiger partial charge on any atom is 0.224 e. The molecule has 3 nitrogen and oxygen atoms in total. The van der Waals surface area contributed by atoms with Crippen molar-refractivity contribution in [3.8, 4) is 0 Å². The molecule has 1 unspecified atom stereocenters. The van der Waals surface area contributed by atoms with Crippen LogP contribution in [0, 0.1) is 5.92 Å². The maximum absolute atomic E-state index is 11.4. The van der Waals surface area contributed by atoms with Gasteiger partial charge in [-0.25, -0.2) is 0 Å². The van der Waals surface area contributed by atoms with Crippen molar-refractivity contribution in [1.29, 1.82) is 0 Å². The Balaban J connectivity index is 2.43. The summed E-state index contributed by atoms with van der Waals surface area (Å²) in [5, 5.41) is 3.50. The summed E-state index contributed by atoms with van der Waals surface area (Å²) in [7, 11) is 0. The summed E-state index contributed by atoms with van der Waals surface area (Å²) >= 11 is 5.74. The van der Waals surface area contributed by atoms with Gasteiger partial charge in [0.25, 0.3) is 0 Å². The largest absolute Gasteiger partial charge is 0.352 e. The first-order valence-corrected chi connectivity index (χ1v) is 5.23. The number of hydrogen-bond acceptors (Lipinski definition) is 2. The molecule has 0 aliphatic rings. The molecule has 15 heavy (non-hydrogen) atoms. The molecule has 0 bridgehead atoms. The van der Waals surface area contributed by atoms with Crippen molar-refractivity contribution in [3.63, 3.8) is 0 Å². The highest BCUT2D eigenvalue weighted by Gasteiger charge is 2.09. The summed E-state index contributed by atoms with van der Waals surface area (Å²) in [5.41, 5.74) is 6.41. The number of nitrogens with two attached hydrogens (primary N) is 1. The molecule has 0 saturated heterocycles. The second kappa shape index (κ2) is 5.73. The van der Waals surface area contributed by atoms with Crippen LogP contribution in [0.4, 0.5) is 0 Å². The maximum atomic E-state index is 11.4. The van der Waals surface area contributed by atoms with Gasteiger partial charge < -0.3 is 11.1 Å². The normalized spacial score (nSPS) is 12.2. The van der Waals surface area contributed by atoms with Gasteiger partial charge in [0.1, 0.15) is 0 Å². The van der Waals surface area contributed by atoms with E-state index in [9.17, 15) is 4.79 Å². The molecule has 3 N–H and O–H groups in total. The Bertz CT molecular complexity index is 324. The minimum Gasteiger partial charge on any atom is -0.352 e. The molecule has 1 rings (SSSR count). The topological polar surface area (TPSA) is 55.1 Å². The van der Waals surface area contributed by atoms with E-state index < -0.39 is 0 Å². The number of hydrogen-bond donors (Lipinski definition) is 2. The van der Waals surface area contributed by atoms with Crippen LogP contribution in [-0.2, 0) is 11.3 Å². The van der Waals surface area contributed by atoms with Crippen LogP contribution < -0.4 is 11.1 Å². The minimum absolute atomic E-state index is 0.0209. The number of amides is 1. The molecule has 0 spiro atoms. The average Bonchev–Trinajstić information content (AvgIpc) is 2.26. The Labute approximate surface area is 94.6 Å². The van der Waals surface area contributed by atoms with Gasteiger partial charge in [0.15, 0.2) is 0 Å². The van der Waals surface area contributed by atoms with Gasteiger partial charge in [-0.05, 0) is 17.7 Å². The zero-order valence-corrected chi connectivity index (χ0v) is 9.42. The van der Waals surface area contributed by atoms with Crippen LogP contribution in [0.15, 0.2) is 24.3 Å². The van der Waals surface area contributed by atoms with Crippen LogP contribution in [0.2, 0.25) is 5.02 Å². The number of nitrogens with one attached hydrogen (secondary N) is 1. The monoisotopic (exact) mass is 226 g/mol. The first-order chi connectivity index (χ1) is 7.13. The molecule has 1 atom stereocenters. The highest BCUT2D eigenvalue weighted by molar-refractivity contribution is 6.30. The van der Waals surface area contributed by atoms with Gasteiger partial charge in [-0.3, -0.25) is 4.79 Å². The molecule has 0 aromatic heterocycles. The molecule has 0 fully saturated rings. The Morgan fingerprint density at radius 1 is 1.47 bits per heavy atom. The molecular formula is C11H15ClN2O. The number of benzene rings is 1. The SMILES string of the molecule is CC(CN)C(=O)NCc1ccc(Cl)cc1. The zero-order valence-electron chi connectivity index (χ0n) is 8.66. The van der Waals surface area contributed by atoms with E-state index >= 15 is 0 Å². The van der Waals surface area contributed by atoms with Gasteiger partial charge in [0.05, 0.1) is 0 Å².